The van der Waals surface area contributed by atoms with Crippen molar-refractivity contribution in [2.24, 2.45) is 0 Å². The molecule has 22 heavy (non-hydrogen) atoms. The van der Waals surface area contributed by atoms with Crippen LogP contribution in [0.4, 0.5) is 5.69 Å². The molecule has 1 aromatic rings. The average Bonchev–Trinajstić information content (AvgIpc) is 2.54. The normalized spacial score (nSPS) is 26.0. The van der Waals surface area contributed by atoms with Crippen molar-refractivity contribution < 1.29 is 14.7 Å². The minimum absolute atomic E-state index is 0.0185. The zero-order chi connectivity index (χ0) is 15.9. The van der Waals surface area contributed by atoms with Crippen molar-refractivity contribution in [1.82, 2.24) is 4.90 Å². The molecule has 2 heterocycles. The van der Waals surface area contributed by atoms with Gasteiger partial charge < -0.3 is 14.9 Å². The first-order chi connectivity index (χ1) is 10.6. The van der Waals surface area contributed by atoms with E-state index >= 15 is 0 Å². The number of nitrogens with zero attached hydrogens (tertiary/aromatic N) is 2. The summed E-state index contributed by atoms with van der Waals surface area (Å²) < 4.78 is 0. The predicted octanol–water partition coefficient (Wildman–Crippen LogP) is 1.51. The number of benzene rings is 1. The Hall–Kier alpha value is -1.88. The van der Waals surface area contributed by atoms with Crippen LogP contribution in [0, 0.1) is 0 Å². The van der Waals surface area contributed by atoms with Gasteiger partial charge in [0.1, 0.15) is 0 Å². The lowest BCUT2D eigenvalue weighted by atomic mass is 9.71. The van der Waals surface area contributed by atoms with Gasteiger partial charge >= 0.3 is 0 Å². The largest absolute Gasteiger partial charge is 0.394 e. The zero-order valence-corrected chi connectivity index (χ0v) is 13.0. The summed E-state index contributed by atoms with van der Waals surface area (Å²) in [4.78, 5) is 28.0. The van der Waals surface area contributed by atoms with E-state index in [9.17, 15) is 14.7 Å². The molecule has 5 heteroatoms. The van der Waals surface area contributed by atoms with Crippen LogP contribution in [0.25, 0.3) is 0 Å². The van der Waals surface area contributed by atoms with Gasteiger partial charge in [-0.2, -0.15) is 0 Å². The van der Waals surface area contributed by atoms with Crippen molar-refractivity contribution in [2.45, 2.75) is 44.7 Å². The molecule has 1 fully saturated rings. The summed E-state index contributed by atoms with van der Waals surface area (Å²) in [7, 11) is 0. The standard InChI is InChI=1S/C17H22N2O3/c1-3-15(21)18-9-13-17(11-7-5-6-8-12(11)18)14(10-20)19(13)16(22)4-2/h5-8,13-14,17,20H,3-4,9-10H2,1-2H3/t13-,14-,17+/m0/s1. The molecule has 0 radical (unpaired) electrons. The Kier molecular flexibility index (Phi) is 3.91. The first-order valence-corrected chi connectivity index (χ1v) is 7.95. The average molecular weight is 302 g/mol. The molecule has 5 nitrogen and oxygen atoms in total. The number of aliphatic hydroxyl groups is 1. The topological polar surface area (TPSA) is 60.9 Å². The highest BCUT2D eigenvalue weighted by atomic mass is 16.3. The summed E-state index contributed by atoms with van der Waals surface area (Å²) in [6.45, 7) is 4.17. The van der Waals surface area contributed by atoms with Crippen LogP contribution in [-0.2, 0) is 9.59 Å². The lowest BCUT2D eigenvalue weighted by molar-refractivity contribution is -0.150. The van der Waals surface area contributed by atoms with Crippen LogP contribution in [0.1, 0.15) is 38.2 Å². The van der Waals surface area contributed by atoms with Crippen molar-refractivity contribution in [3.8, 4) is 0 Å². The Morgan fingerprint density at radius 3 is 2.50 bits per heavy atom. The first-order valence-electron chi connectivity index (χ1n) is 7.95. The molecule has 1 aromatic carbocycles. The van der Waals surface area contributed by atoms with Crippen LogP contribution in [0.2, 0.25) is 0 Å². The van der Waals surface area contributed by atoms with E-state index in [1.807, 2.05) is 38.1 Å². The fraction of sp³-hybridized carbons (Fsp3) is 0.529. The molecule has 2 amide bonds. The molecular weight excluding hydrogens is 280 g/mol. The maximum atomic E-state index is 12.3. The van der Waals surface area contributed by atoms with E-state index in [4.69, 9.17) is 0 Å². The fourth-order valence-corrected chi connectivity index (χ4v) is 3.84. The predicted molar refractivity (Wildman–Crippen MR) is 83.6 cm³/mol. The summed E-state index contributed by atoms with van der Waals surface area (Å²) in [5.74, 6) is 0.239. The summed E-state index contributed by atoms with van der Waals surface area (Å²) in [5.41, 5.74) is 2.00. The quantitative estimate of drug-likeness (QED) is 0.920. The van der Waals surface area contributed by atoms with Crippen molar-refractivity contribution in [3.05, 3.63) is 29.8 Å². The number of amides is 2. The minimum Gasteiger partial charge on any atom is -0.394 e. The monoisotopic (exact) mass is 302 g/mol. The molecule has 0 unspecified atom stereocenters. The molecule has 3 atom stereocenters. The lowest BCUT2D eigenvalue weighted by Gasteiger charge is -2.59. The lowest BCUT2D eigenvalue weighted by Crippen LogP contribution is -2.70. The Morgan fingerprint density at radius 2 is 1.86 bits per heavy atom. The Bertz CT molecular complexity index is 601. The summed E-state index contributed by atoms with van der Waals surface area (Å²) in [5, 5.41) is 9.71. The van der Waals surface area contributed by atoms with Crippen molar-refractivity contribution in [3.63, 3.8) is 0 Å². The number of para-hydroxylation sites is 1. The maximum absolute atomic E-state index is 12.3. The number of rotatable bonds is 3. The van der Waals surface area contributed by atoms with E-state index in [1.165, 1.54) is 0 Å². The van der Waals surface area contributed by atoms with E-state index in [1.54, 1.807) is 9.80 Å². The van der Waals surface area contributed by atoms with Gasteiger partial charge in [0.05, 0.1) is 18.7 Å². The molecule has 2 aliphatic heterocycles. The van der Waals surface area contributed by atoms with Gasteiger partial charge in [0.2, 0.25) is 11.8 Å². The summed E-state index contributed by atoms with van der Waals surface area (Å²) in [6, 6.07) is 7.66. The van der Waals surface area contributed by atoms with Gasteiger partial charge in [-0.1, -0.05) is 32.0 Å². The summed E-state index contributed by atoms with van der Waals surface area (Å²) >= 11 is 0. The molecule has 1 N–H and O–H groups in total. The second-order valence-electron chi connectivity index (χ2n) is 5.91. The van der Waals surface area contributed by atoms with Gasteiger partial charge in [-0.15, -0.1) is 0 Å². The highest BCUT2D eigenvalue weighted by molar-refractivity contribution is 5.95. The second kappa shape index (κ2) is 5.72. The summed E-state index contributed by atoms with van der Waals surface area (Å²) in [6.07, 6.45) is 0.861. The number of hydrogen-bond acceptors (Lipinski definition) is 3. The molecule has 0 aromatic heterocycles. The third-order valence-corrected chi connectivity index (χ3v) is 4.88. The number of anilines is 1. The van der Waals surface area contributed by atoms with E-state index in [2.05, 4.69) is 0 Å². The van der Waals surface area contributed by atoms with Crippen molar-refractivity contribution in [1.29, 1.82) is 0 Å². The molecule has 2 aliphatic rings. The minimum atomic E-state index is -0.169. The number of hydrogen-bond donors (Lipinski definition) is 1. The first kappa shape index (κ1) is 15.0. The van der Waals surface area contributed by atoms with Gasteiger partial charge in [0, 0.05) is 31.0 Å². The fourth-order valence-electron chi connectivity index (χ4n) is 3.84. The Morgan fingerprint density at radius 1 is 1.18 bits per heavy atom. The molecular formula is C17H22N2O3. The zero-order valence-electron chi connectivity index (χ0n) is 13.0. The number of likely N-dealkylation sites (tertiary alicyclic amines) is 1. The van der Waals surface area contributed by atoms with Crippen LogP contribution in [0.15, 0.2) is 24.3 Å². The van der Waals surface area contributed by atoms with E-state index in [0.29, 0.717) is 19.4 Å². The van der Waals surface area contributed by atoms with Gasteiger partial charge in [0.25, 0.3) is 0 Å². The highest BCUT2D eigenvalue weighted by Crippen LogP contribution is 2.48. The Balaban J connectivity index is 2.01. The molecule has 0 bridgehead atoms. The van der Waals surface area contributed by atoms with Gasteiger partial charge in [-0.25, -0.2) is 0 Å². The van der Waals surface area contributed by atoms with Crippen LogP contribution in [-0.4, -0.2) is 47.1 Å². The molecule has 118 valence electrons. The second-order valence-corrected chi connectivity index (χ2v) is 5.91. The molecule has 0 saturated carbocycles. The number of aliphatic hydroxyl groups excluding tert-OH is 1. The SMILES string of the molecule is CCC(=O)N1C[C@H]2[C@@H](c3ccccc31)[C@H](CO)N2C(=O)CC. The molecule has 3 rings (SSSR count). The number of carbonyl (C=O) groups excluding carboxylic acids is 2. The number of fused-ring (bicyclic) bond motifs is 3. The van der Waals surface area contributed by atoms with Crippen LogP contribution in [0.3, 0.4) is 0 Å². The van der Waals surface area contributed by atoms with Crippen LogP contribution < -0.4 is 4.90 Å². The van der Waals surface area contributed by atoms with Crippen LogP contribution in [0.5, 0.6) is 0 Å². The maximum Gasteiger partial charge on any atom is 0.226 e. The van der Waals surface area contributed by atoms with Gasteiger partial charge in [-0.05, 0) is 11.6 Å². The Labute approximate surface area is 130 Å². The number of carbonyl (C=O) groups is 2. The van der Waals surface area contributed by atoms with E-state index < -0.39 is 0 Å². The van der Waals surface area contributed by atoms with Crippen molar-refractivity contribution in [2.75, 3.05) is 18.1 Å². The smallest absolute Gasteiger partial charge is 0.226 e. The third kappa shape index (κ3) is 2.03. The van der Waals surface area contributed by atoms with E-state index in [-0.39, 0.29) is 36.4 Å². The third-order valence-electron chi connectivity index (χ3n) is 4.88. The van der Waals surface area contributed by atoms with Crippen LogP contribution >= 0.6 is 0 Å². The highest BCUT2D eigenvalue weighted by Gasteiger charge is 2.54. The molecule has 0 spiro atoms. The van der Waals surface area contributed by atoms with Crippen molar-refractivity contribution >= 4 is 17.5 Å². The van der Waals surface area contributed by atoms with Gasteiger partial charge in [-0.3, -0.25) is 9.59 Å². The molecule has 1 saturated heterocycles. The van der Waals surface area contributed by atoms with Gasteiger partial charge in [0.15, 0.2) is 0 Å². The van der Waals surface area contributed by atoms with E-state index in [0.717, 1.165) is 11.3 Å². The molecule has 0 aliphatic carbocycles.